The number of aromatic nitrogens is 1. The number of pyridine rings is 1. The van der Waals surface area contributed by atoms with Crippen molar-refractivity contribution >= 4 is 11.5 Å². The molecule has 74 valence electrons. The first-order chi connectivity index (χ1) is 6.65. The van der Waals surface area contributed by atoms with Crippen molar-refractivity contribution in [1.29, 1.82) is 5.26 Å². The molecule has 0 aliphatic carbocycles. The van der Waals surface area contributed by atoms with Gasteiger partial charge in [-0.05, 0) is 13.0 Å². The van der Waals surface area contributed by atoms with Crippen molar-refractivity contribution in [3.8, 4) is 6.07 Å². The average Bonchev–Trinajstić information content (AvgIpc) is 2.17. The van der Waals surface area contributed by atoms with Gasteiger partial charge in [0.2, 0.25) is 0 Å². The molecule has 4 heteroatoms. The third-order valence-corrected chi connectivity index (χ3v) is 2.22. The van der Waals surface area contributed by atoms with E-state index in [4.69, 9.17) is 11.0 Å². The van der Waals surface area contributed by atoms with Crippen molar-refractivity contribution in [1.82, 2.24) is 4.98 Å². The van der Waals surface area contributed by atoms with Gasteiger partial charge in [0.1, 0.15) is 5.82 Å². The predicted molar refractivity (Wildman–Crippen MR) is 56.7 cm³/mol. The summed E-state index contributed by atoms with van der Waals surface area (Å²) in [6.07, 6.45) is 2.17. The summed E-state index contributed by atoms with van der Waals surface area (Å²) >= 11 is 0. The van der Waals surface area contributed by atoms with E-state index in [1.807, 2.05) is 24.9 Å². The molecule has 0 aliphatic rings. The van der Waals surface area contributed by atoms with Crippen LogP contribution in [-0.2, 0) is 0 Å². The quantitative estimate of drug-likeness (QED) is 0.782. The predicted octanol–water partition coefficient (Wildman–Crippen LogP) is 1.40. The number of hydrogen-bond acceptors (Lipinski definition) is 4. The van der Waals surface area contributed by atoms with Crippen LogP contribution in [0.3, 0.4) is 0 Å². The zero-order chi connectivity index (χ0) is 10.6. The minimum atomic E-state index is 0.182. The van der Waals surface area contributed by atoms with Gasteiger partial charge in [-0.2, -0.15) is 5.26 Å². The molecule has 0 aromatic carbocycles. The molecule has 4 nitrogen and oxygen atoms in total. The number of hydrogen-bond donors (Lipinski definition) is 1. The molecule has 0 aliphatic heterocycles. The molecule has 1 aromatic heterocycles. The second-order valence-corrected chi connectivity index (χ2v) is 3.26. The van der Waals surface area contributed by atoms with Crippen LogP contribution in [0.25, 0.3) is 0 Å². The summed E-state index contributed by atoms with van der Waals surface area (Å²) in [5.74, 6) is 0.499. The van der Waals surface area contributed by atoms with Crippen LogP contribution >= 0.6 is 0 Å². The molecule has 1 rings (SSSR count). The number of nitrogens with zero attached hydrogens (tertiary/aromatic N) is 3. The van der Waals surface area contributed by atoms with Crippen LogP contribution in [0.4, 0.5) is 11.5 Å². The van der Waals surface area contributed by atoms with Crippen LogP contribution in [0.2, 0.25) is 0 Å². The largest absolute Gasteiger partial charge is 0.384 e. The minimum Gasteiger partial charge on any atom is -0.384 e. The highest BCUT2D eigenvalue weighted by Gasteiger charge is 2.09. The Bertz CT molecular complexity index is 342. The van der Waals surface area contributed by atoms with Crippen molar-refractivity contribution in [2.24, 2.45) is 0 Å². The van der Waals surface area contributed by atoms with E-state index < -0.39 is 0 Å². The van der Waals surface area contributed by atoms with Gasteiger partial charge in [-0.3, -0.25) is 0 Å². The highest BCUT2D eigenvalue weighted by atomic mass is 15.1. The van der Waals surface area contributed by atoms with Gasteiger partial charge in [0, 0.05) is 31.0 Å². The first kappa shape index (κ1) is 10.3. The zero-order valence-corrected chi connectivity index (χ0v) is 8.44. The van der Waals surface area contributed by atoms with E-state index in [2.05, 4.69) is 11.1 Å². The van der Waals surface area contributed by atoms with Crippen molar-refractivity contribution in [2.45, 2.75) is 19.4 Å². The van der Waals surface area contributed by atoms with Gasteiger partial charge < -0.3 is 10.6 Å². The summed E-state index contributed by atoms with van der Waals surface area (Å²) in [4.78, 5) is 5.93. The Labute approximate surface area is 84.0 Å². The Balaban J connectivity index is 2.79. The van der Waals surface area contributed by atoms with Gasteiger partial charge in [0.25, 0.3) is 0 Å². The second-order valence-electron chi connectivity index (χ2n) is 3.26. The monoisotopic (exact) mass is 190 g/mol. The molecule has 0 saturated carbocycles. The lowest BCUT2D eigenvalue weighted by atomic mass is 10.2. The molecule has 0 amide bonds. The third-order valence-electron chi connectivity index (χ3n) is 2.22. The molecular weight excluding hydrogens is 176 g/mol. The van der Waals surface area contributed by atoms with Gasteiger partial charge >= 0.3 is 0 Å². The fraction of sp³-hybridized carbons (Fsp3) is 0.400. The normalized spacial score (nSPS) is 11.8. The second kappa shape index (κ2) is 4.47. The maximum absolute atomic E-state index is 8.57. The summed E-state index contributed by atoms with van der Waals surface area (Å²) in [6.45, 7) is 2.00. The Kier molecular flexibility index (Phi) is 3.29. The molecule has 1 unspecified atom stereocenters. The molecule has 1 atom stereocenters. The van der Waals surface area contributed by atoms with E-state index in [-0.39, 0.29) is 6.04 Å². The zero-order valence-electron chi connectivity index (χ0n) is 8.44. The average molecular weight is 190 g/mol. The van der Waals surface area contributed by atoms with Gasteiger partial charge in [0.15, 0.2) is 0 Å². The summed E-state index contributed by atoms with van der Waals surface area (Å²) in [6, 6.07) is 6.01. The van der Waals surface area contributed by atoms with Crippen LogP contribution in [-0.4, -0.2) is 18.1 Å². The molecule has 0 radical (unpaired) electrons. The Morgan fingerprint density at radius 2 is 2.43 bits per heavy atom. The maximum Gasteiger partial charge on any atom is 0.125 e. The van der Waals surface area contributed by atoms with Crippen molar-refractivity contribution < 1.29 is 0 Å². The van der Waals surface area contributed by atoms with Crippen LogP contribution in [0.15, 0.2) is 18.3 Å². The maximum atomic E-state index is 8.57. The van der Waals surface area contributed by atoms with E-state index in [0.29, 0.717) is 12.2 Å². The Morgan fingerprint density at radius 3 is 3.00 bits per heavy atom. The topological polar surface area (TPSA) is 65.9 Å². The van der Waals surface area contributed by atoms with E-state index in [9.17, 15) is 0 Å². The van der Waals surface area contributed by atoms with Gasteiger partial charge in [0.05, 0.1) is 12.5 Å². The Morgan fingerprint density at radius 1 is 1.71 bits per heavy atom. The lowest BCUT2D eigenvalue weighted by Gasteiger charge is -2.25. The highest BCUT2D eigenvalue weighted by molar-refractivity contribution is 5.52. The molecular formula is C10H14N4. The summed E-state index contributed by atoms with van der Waals surface area (Å²) in [5, 5.41) is 8.57. The van der Waals surface area contributed by atoms with Crippen LogP contribution in [0, 0.1) is 11.3 Å². The van der Waals surface area contributed by atoms with E-state index in [1.54, 1.807) is 12.3 Å². The number of nitriles is 1. The molecule has 2 N–H and O–H groups in total. The fourth-order valence-corrected chi connectivity index (χ4v) is 1.18. The minimum absolute atomic E-state index is 0.182. The van der Waals surface area contributed by atoms with E-state index in [0.717, 1.165) is 5.69 Å². The molecule has 0 spiro atoms. The highest BCUT2D eigenvalue weighted by Crippen LogP contribution is 2.17. The lowest BCUT2D eigenvalue weighted by Crippen LogP contribution is -2.28. The van der Waals surface area contributed by atoms with Gasteiger partial charge in [-0.1, -0.05) is 0 Å². The SMILES string of the molecule is CC(CC#N)N(C)c1ccnc(N)c1. The standard InChI is InChI=1S/C10H14N4/c1-8(3-5-11)14(2)9-4-6-13-10(12)7-9/h4,6-8H,3H2,1-2H3,(H2,12,13). The van der Waals surface area contributed by atoms with Crippen molar-refractivity contribution in [3.63, 3.8) is 0 Å². The number of rotatable bonds is 3. The molecule has 0 saturated heterocycles. The molecule has 14 heavy (non-hydrogen) atoms. The van der Waals surface area contributed by atoms with Crippen molar-refractivity contribution in [3.05, 3.63) is 18.3 Å². The van der Waals surface area contributed by atoms with Crippen LogP contribution < -0.4 is 10.6 Å². The number of anilines is 2. The van der Waals surface area contributed by atoms with Crippen LogP contribution in [0.5, 0.6) is 0 Å². The molecule has 1 aromatic rings. The third kappa shape index (κ3) is 2.36. The van der Waals surface area contributed by atoms with E-state index >= 15 is 0 Å². The summed E-state index contributed by atoms with van der Waals surface area (Å²) < 4.78 is 0. The smallest absolute Gasteiger partial charge is 0.125 e. The van der Waals surface area contributed by atoms with Gasteiger partial charge in [-0.25, -0.2) is 4.98 Å². The number of nitrogen functional groups attached to an aromatic ring is 1. The fourth-order valence-electron chi connectivity index (χ4n) is 1.18. The molecule has 0 bridgehead atoms. The lowest BCUT2D eigenvalue weighted by molar-refractivity contribution is 0.702. The van der Waals surface area contributed by atoms with Crippen LogP contribution in [0.1, 0.15) is 13.3 Å². The summed E-state index contributed by atoms with van der Waals surface area (Å²) in [7, 11) is 1.94. The first-order valence-electron chi connectivity index (χ1n) is 4.46. The number of nitrogens with two attached hydrogens (primary N) is 1. The van der Waals surface area contributed by atoms with E-state index in [1.165, 1.54) is 0 Å². The molecule has 1 heterocycles. The van der Waals surface area contributed by atoms with Gasteiger partial charge in [-0.15, -0.1) is 0 Å². The molecule has 0 fully saturated rings. The van der Waals surface area contributed by atoms with Crippen molar-refractivity contribution in [2.75, 3.05) is 17.7 Å². The Hall–Kier alpha value is -1.76. The summed E-state index contributed by atoms with van der Waals surface area (Å²) in [5.41, 5.74) is 6.55. The first-order valence-corrected chi connectivity index (χ1v) is 4.46.